The van der Waals surface area contributed by atoms with Gasteiger partial charge in [-0.15, -0.1) is 11.3 Å². The van der Waals surface area contributed by atoms with Gasteiger partial charge in [-0.2, -0.15) is 0 Å². The van der Waals surface area contributed by atoms with Crippen LogP contribution in [0.1, 0.15) is 32.7 Å². The number of fused-ring (bicyclic) bond motifs is 1. The second kappa shape index (κ2) is 7.66. The zero-order valence-corrected chi connectivity index (χ0v) is 11.5. The smallest absolute Gasteiger partial charge is 0.100 e. The lowest BCUT2D eigenvalue weighted by Gasteiger charge is -1.87. The first kappa shape index (κ1) is 14.4. The van der Waals surface area contributed by atoms with Crippen molar-refractivity contribution >= 4 is 33.2 Å². The minimum atomic E-state index is 0.742. The molecule has 1 heterocycles. The minimum absolute atomic E-state index is 0.742. The Morgan fingerprint density at radius 3 is 2.27 bits per heavy atom. The number of nitrogens with zero attached hydrogens (tertiary/aromatic N) is 1. The summed E-state index contributed by atoms with van der Waals surface area (Å²) in [5.41, 5.74) is 0.927. The van der Waals surface area contributed by atoms with E-state index in [1.807, 2.05) is 52.8 Å². The third kappa shape index (κ3) is 3.80. The molecule has 0 saturated heterocycles. The Hall–Kier alpha value is -0.600. The van der Waals surface area contributed by atoms with Gasteiger partial charge in [-0.1, -0.05) is 45.4 Å². The summed E-state index contributed by atoms with van der Waals surface area (Å²) < 4.78 is 1.16. The van der Waals surface area contributed by atoms with Gasteiger partial charge in [-0.25, -0.2) is 4.98 Å². The largest absolute Gasteiger partial charge is 0.240 e. The van der Waals surface area contributed by atoms with Gasteiger partial charge in [0.05, 0.1) is 14.7 Å². The minimum Gasteiger partial charge on any atom is -0.240 e. The molecule has 0 aliphatic heterocycles. The SMILES string of the molecule is CC.CC.Cc1nc2c(Cl)cccc2s1. The number of aromatic nitrogens is 1. The summed E-state index contributed by atoms with van der Waals surface area (Å²) in [4.78, 5) is 4.30. The molecule has 0 aliphatic rings. The van der Waals surface area contributed by atoms with Crippen LogP contribution in [0.5, 0.6) is 0 Å². The van der Waals surface area contributed by atoms with Crippen LogP contribution >= 0.6 is 22.9 Å². The van der Waals surface area contributed by atoms with Crippen LogP contribution in [0.15, 0.2) is 18.2 Å². The molecule has 3 heteroatoms. The van der Waals surface area contributed by atoms with Crippen molar-refractivity contribution in [3.05, 3.63) is 28.2 Å². The van der Waals surface area contributed by atoms with Crippen LogP contribution in [0.3, 0.4) is 0 Å². The van der Waals surface area contributed by atoms with Crippen LogP contribution < -0.4 is 0 Å². The Morgan fingerprint density at radius 1 is 1.13 bits per heavy atom. The molecule has 1 aromatic heterocycles. The van der Waals surface area contributed by atoms with Crippen molar-refractivity contribution in [2.45, 2.75) is 34.6 Å². The van der Waals surface area contributed by atoms with E-state index in [-0.39, 0.29) is 0 Å². The number of halogens is 1. The highest BCUT2D eigenvalue weighted by Gasteiger charge is 2.02. The maximum atomic E-state index is 5.91. The summed E-state index contributed by atoms with van der Waals surface area (Å²) in [5.74, 6) is 0. The Bertz CT molecular complexity index is 395. The zero-order valence-electron chi connectivity index (χ0n) is 9.97. The number of hydrogen-bond donors (Lipinski definition) is 0. The molecule has 1 nitrogen and oxygen atoms in total. The van der Waals surface area contributed by atoms with Gasteiger partial charge in [-0.3, -0.25) is 0 Å². The molecule has 2 rings (SSSR count). The Balaban J connectivity index is 0.000000442. The highest BCUT2D eigenvalue weighted by Crippen LogP contribution is 2.26. The summed E-state index contributed by atoms with van der Waals surface area (Å²) in [5, 5.41) is 1.81. The second-order valence-corrected chi connectivity index (χ2v) is 3.96. The standard InChI is InChI=1S/C8H6ClNS.2C2H6/c1-5-10-8-6(9)3-2-4-7(8)11-5;2*1-2/h2-4H,1H3;2*1-2H3. The predicted molar refractivity (Wildman–Crippen MR) is 72.1 cm³/mol. The lowest BCUT2D eigenvalue weighted by molar-refractivity contribution is 1.35. The summed E-state index contributed by atoms with van der Waals surface area (Å²) in [6.45, 7) is 9.99. The van der Waals surface area contributed by atoms with Crippen molar-refractivity contribution in [1.82, 2.24) is 4.98 Å². The monoisotopic (exact) mass is 243 g/mol. The molecule has 84 valence electrons. The van der Waals surface area contributed by atoms with Crippen LogP contribution in [0.2, 0.25) is 5.02 Å². The highest BCUT2D eigenvalue weighted by molar-refractivity contribution is 7.18. The highest BCUT2D eigenvalue weighted by atomic mass is 35.5. The van der Waals surface area contributed by atoms with E-state index in [1.54, 1.807) is 11.3 Å². The molecule has 0 radical (unpaired) electrons. The topological polar surface area (TPSA) is 12.9 Å². The van der Waals surface area contributed by atoms with E-state index >= 15 is 0 Å². The maximum absolute atomic E-state index is 5.91. The van der Waals surface area contributed by atoms with Crippen LogP contribution in [-0.4, -0.2) is 4.98 Å². The van der Waals surface area contributed by atoms with Gasteiger partial charge in [-0.05, 0) is 19.1 Å². The van der Waals surface area contributed by atoms with E-state index in [0.717, 1.165) is 20.2 Å². The van der Waals surface area contributed by atoms with E-state index in [2.05, 4.69) is 4.98 Å². The number of aryl methyl sites for hydroxylation is 1. The maximum Gasteiger partial charge on any atom is 0.100 e. The van der Waals surface area contributed by atoms with E-state index in [1.165, 1.54) is 0 Å². The Morgan fingerprint density at radius 2 is 1.73 bits per heavy atom. The molecule has 0 amide bonds. The summed E-state index contributed by atoms with van der Waals surface area (Å²) in [7, 11) is 0. The van der Waals surface area contributed by atoms with Gasteiger partial charge in [0.25, 0.3) is 0 Å². The molecule has 1 aromatic carbocycles. The number of hydrogen-bond acceptors (Lipinski definition) is 2. The molecule has 0 saturated carbocycles. The van der Waals surface area contributed by atoms with Crippen molar-refractivity contribution in [3.8, 4) is 0 Å². The molecule has 2 aromatic rings. The van der Waals surface area contributed by atoms with E-state index in [0.29, 0.717) is 0 Å². The quantitative estimate of drug-likeness (QED) is 0.611. The number of thiazole rings is 1. The number of para-hydroxylation sites is 1. The van der Waals surface area contributed by atoms with Crippen LogP contribution in [0.25, 0.3) is 10.2 Å². The molecule has 0 aliphatic carbocycles. The Kier molecular flexibility index (Phi) is 7.35. The van der Waals surface area contributed by atoms with Gasteiger partial charge >= 0.3 is 0 Å². The van der Waals surface area contributed by atoms with Crippen molar-refractivity contribution in [2.24, 2.45) is 0 Å². The molecule has 0 atom stereocenters. The van der Waals surface area contributed by atoms with E-state index in [9.17, 15) is 0 Å². The second-order valence-electron chi connectivity index (χ2n) is 2.32. The van der Waals surface area contributed by atoms with Crippen molar-refractivity contribution < 1.29 is 0 Å². The van der Waals surface area contributed by atoms with Gasteiger partial charge in [0.1, 0.15) is 5.52 Å². The average molecular weight is 244 g/mol. The average Bonchev–Trinajstić information content (AvgIpc) is 2.66. The van der Waals surface area contributed by atoms with Gasteiger partial charge in [0, 0.05) is 0 Å². The molecular formula is C12H18ClNS. The third-order valence-electron chi connectivity index (χ3n) is 1.48. The van der Waals surface area contributed by atoms with Gasteiger partial charge in [0.15, 0.2) is 0 Å². The van der Waals surface area contributed by atoms with Gasteiger partial charge in [0.2, 0.25) is 0 Å². The lowest BCUT2D eigenvalue weighted by Crippen LogP contribution is -1.69. The molecular weight excluding hydrogens is 226 g/mol. The fraction of sp³-hybridized carbons (Fsp3) is 0.417. The van der Waals surface area contributed by atoms with E-state index in [4.69, 9.17) is 11.6 Å². The fourth-order valence-corrected chi connectivity index (χ4v) is 2.15. The summed E-state index contributed by atoms with van der Waals surface area (Å²) in [6, 6.07) is 5.84. The van der Waals surface area contributed by atoms with Crippen LogP contribution in [0.4, 0.5) is 0 Å². The normalized spacial score (nSPS) is 8.67. The molecule has 0 bridgehead atoms. The first-order chi connectivity index (χ1) is 7.27. The lowest BCUT2D eigenvalue weighted by atomic mass is 10.3. The van der Waals surface area contributed by atoms with Crippen molar-refractivity contribution in [3.63, 3.8) is 0 Å². The fourth-order valence-electron chi connectivity index (χ4n) is 1.03. The zero-order chi connectivity index (χ0) is 11.8. The molecule has 0 unspecified atom stereocenters. The number of rotatable bonds is 0. The molecule has 15 heavy (non-hydrogen) atoms. The van der Waals surface area contributed by atoms with Gasteiger partial charge < -0.3 is 0 Å². The first-order valence-electron chi connectivity index (χ1n) is 5.29. The first-order valence-corrected chi connectivity index (χ1v) is 6.48. The number of benzene rings is 1. The molecule has 0 spiro atoms. The summed E-state index contributed by atoms with van der Waals surface area (Å²) >= 11 is 7.59. The Labute approximate surface area is 101 Å². The third-order valence-corrected chi connectivity index (χ3v) is 2.72. The van der Waals surface area contributed by atoms with Crippen LogP contribution in [-0.2, 0) is 0 Å². The molecule has 0 N–H and O–H groups in total. The predicted octanol–water partition coefficient (Wildman–Crippen LogP) is 5.31. The van der Waals surface area contributed by atoms with Crippen molar-refractivity contribution in [1.29, 1.82) is 0 Å². The van der Waals surface area contributed by atoms with Crippen LogP contribution in [0, 0.1) is 6.92 Å². The summed E-state index contributed by atoms with van der Waals surface area (Å²) in [6.07, 6.45) is 0. The van der Waals surface area contributed by atoms with Crippen molar-refractivity contribution in [2.75, 3.05) is 0 Å². The van der Waals surface area contributed by atoms with E-state index < -0.39 is 0 Å². The molecule has 0 fully saturated rings.